The lowest BCUT2D eigenvalue weighted by molar-refractivity contribution is -0.155. The summed E-state index contributed by atoms with van der Waals surface area (Å²) in [7, 11) is 0. The van der Waals surface area contributed by atoms with Gasteiger partial charge >= 0.3 is 5.97 Å². The van der Waals surface area contributed by atoms with Gasteiger partial charge in [0, 0.05) is 6.42 Å². The zero-order valence-electron chi connectivity index (χ0n) is 17.2. The van der Waals surface area contributed by atoms with Crippen molar-refractivity contribution in [2.45, 2.75) is 58.7 Å². The van der Waals surface area contributed by atoms with Crippen LogP contribution in [0.2, 0.25) is 5.02 Å². The highest BCUT2D eigenvalue weighted by Crippen LogP contribution is 2.28. The number of imidazole rings is 1. The minimum absolute atomic E-state index is 0.114. The maximum Gasteiger partial charge on any atom is 0.326 e. The number of nitrogens with zero attached hydrogens (tertiary/aromatic N) is 2. The fourth-order valence-electron chi connectivity index (χ4n) is 3.26. The van der Waals surface area contributed by atoms with Gasteiger partial charge in [0.1, 0.15) is 29.5 Å². The van der Waals surface area contributed by atoms with Gasteiger partial charge in [0.05, 0.1) is 16.1 Å². The highest BCUT2D eigenvalue weighted by atomic mass is 35.5. The molecule has 1 fully saturated rings. The van der Waals surface area contributed by atoms with E-state index in [4.69, 9.17) is 16.3 Å². The molecule has 2 aromatic rings. The number of imide groups is 1. The maximum atomic E-state index is 12.8. The Morgan fingerprint density at radius 2 is 2.03 bits per heavy atom. The number of aromatic nitrogens is 2. The highest BCUT2D eigenvalue weighted by molar-refractivity contribution is 6.35. The number of aryl methyl sites for hydroxylation is 1. The van der Waals surface area contributed by atoms with Crippen LogP contribution in [0.25, 0.3) is 11.0 Å². The van der Waals surface area contributed by atoms with E-state index in [2.05, 4.69) is 15.6 Å². The van der Waals surface area contributed by atoms with Crippen LogP contribution >= 0.6 is 11.6 Å². The van der Waals surface area contributed by atoms with Crippen molar-refractivity contribution in [3.63, 3.8) is 0 Å². The SMILES string of the molecule is Cc1nc2c(C(=O)NC3CCC(=O)NC3=O)ccc(Cl)c2n1CC(=O)OC(C)(C)C. The van der Waals surface area contributed by atoms with Crippen LogP contribution in [-0.2, 0) is 25.7 Å². The van der Waals surface area contributed by atoms with Gasteiger partial charge in [-0.05, 0) is 46.2 Å². The van der Waals surface area contributed by atoms with E-state index < -0.39 is 29.4 Å². The number of hydrogen-bond donors (Lipinski definition) is 2. The lowest BCUT2D eigenvalue weighted by atomic mass is 10.1. The summed E-state index contributed by atoms with van der Waals surface area (Å²) < 4.78 is 6.96. The second kappa shape index (κ2) is 8.06. The van der Waals surface area contributed by atoms with Crippen LogP contribution in [0.1, 0.15) is 49.8 Å². The minimum Gasteiger partial charge on any atom is -0.459 e. The van der Waals surface area contributed by atoms with E-state index in [9.17, 15) is 19.2 Å². The number of amides is 3. The third-order valence-electron chi connectivity index (χ3n) is 4.53. The van der Waals surface area contributed by atoms with Crippen LogP contribution in [0.15, 0.2) is 12.1 Å². The normalized spacial score (nSPS) is 17.0. The number of benzene rings is 1. The Bertz CT molecular complexity index is 1050. The number of piperidine rings is 1. The average Bonchev–Trinajstić information content (AvgIpc) is 2.93. The van der Waals surface area contributed by atoms with Crippen molar-refractivity contribution in [1.29, 1.82) is 0 Å². The first-order chi connectivity index (χ1) is 14.0. The fraction of sp³-hybridized carbons (Fsp3) is 0.450. The summed E-state index contributed by atoms with van der Waals surface area (Å²) in [6, 6.07) is 2.23. The second-order valence-electron chi connectivity index (χ2n) is 8.10. The van der Waals surface area contributed by atoms with E-state index in [0.717, 1.165) is 0 Å². The first-order valence-electron chi connectivity index (χ1n) is 9.48. The highest BCUT2D eigenvalue weighted by Gasteiger charge is 2.29. The molecule has 0 bridgehead atoms. The van der Waals surface area contributed by atoms with Crippen molar-refractivity contribution < 1.29 is 23.9 Å². The molecular weight excluding hydrogens is 412 g/mol. The van der Waals surface area contributed by atoms with Crippen molar-refractivity contribution in [3.8, 4) is 0 Å². The molecule has 3 amide bonds. The summed E-state index contributed by atoms with van der Waals surface area (Å²) in [5.74, 6) is -1.40. The standard InChI is InChI=1S/C20H23ClN4O5/c1-10-22-16-11(18(28)23-13-7-8-14(26)24-19(13)29)5-6-12(21)17(16)25(10)9-15(27)30-20(2,3)4/h5-6,13H,7-9H2,1-4H3,(H,23,28)(H,24,26,29). The van der Waals surface area contributed by atoms with Gasteiger partial charge in [0.25, 0.3) is 5.91 Å². The van der Waals surface area contributed by atoms with E-state index >= 15 is 0 Å². The van der Waals surface area contributed by atoms with Gasteiger partial charge in [0.2, 0.25) is 11.8 Å². The van der Waals surface area contributed by atoms with Crippen LogP contribution in [0.3, 0.4) is 0 Å². The minimum atomic E-state index is -0.814. The Morgan fingerprint density at radius 3 is 2.67 bits per heavy atom. The number of hydrogen-bond acceptors (Lipinski definition) is 6. The molecule has 10 heteroatoms. The van der Waals surface area contributed by atoms with Gasteiger partial charge in [0.15, 0.2) is 0 Å². The van der Waals surface area contributed by atoms with Crippen LogP contribution in [0, 0.1) is 6.92 Å². The topological polar surface area (TPSA) is 119 Å². The smallest absolute Gasteiger partial charge is 0.326 e. The van der Waals surface area contributed by atoms with Crippen LogP contribution in [0.5, 0.6) is 0 Å². The zero-order chi connectivity index (χ0) is 22.2. The molecule has 1 aromatic heterocycles. The average molecular weight is 435 g/mol. The largest absolute Gasteiger partial charge is 0.459 e. The molecule has 0 spiro atoms. The molecule has 2 N–H and O–H groups in total. The van der Waals surface area contributed by atoms with Gasteiger partial charge < -0.3 is 14.6 Å². The second-order valence-corrected chi connectivity index (χ2v) is 8.51. The molecule has 1 atom stereocenters. The number of halogens is 1. The van der Waals surface area contributed by atoms with Crippen molar-refractivity contribution in [1.82, 2.24) is 20.2 Å². The molecule has 0 saturated carbocycles. The molecule has 1 aromatic carbocycles. The molecule has 30 heavy (non-hydrogen) atoms. The lowest BCUT2D eigenvalue weighted by Crippen LogP contribution is -2.52. The Hall–Kier alpha value is -2.94. The number of esters is 1. The molecule has 3 rings (SSSR count). The zero-order valence-corrected chi connectivity index (χ0v) is 17.9. The van der Waals surface area contributed by atoms with E-state index in [1.807, 2.05) is 0 Å². The van der Waals surface area contributed by atoms with Gasteiger partial charge in [-0.1, -0.05) is 11.6 Å². The Balaban J connectivity index is 1.91. The Labute approximate surface area is 178 Å². The van der Waals surface area contributed by atoms with E-state index in [1.165, 1.54) is 12.1 Å². The first-order valence-corrected chi connectivity index (χ1v) is 9.86. The molecule has 9 nitrogen and oxygen atoms in total. The van der Waals surface area contributed by atoms with Crippen LogP contribution in [0.4, 0.5) is 0 Å². The summed E-state index contributed by atoms with van der Waals surface area (Å²) in [6.45, 7) is 6.90. The number of carbonyl (C=O) groups excluding carboxylic acids is 4. The van der Waals surface area contributed by atoms with Crippen molar-refractivity contribution in [2.24, 2.45) is 0 Å². The fourth-order valence-corrected chi connectivity index (χ4v) is 3.51. The first kappa shape index (κ1) is 21.8. The molecule has 1 aliphatic heterocycles. The summed E-state index contributed by atoms with van der Waals surface area (Å²) in [5.41, 5.74) is 0.312. The van der Waals surface area contributed by atoms with Crippen molar-refractivity contribution in [3.05, 3.63) is 28.5 Å². The van der Waals surface area contributed by atoms with Gasteiger partial charge in [-0.25, -0.2) is 4.98 Å². The Kier molecular flexibility index (Phi) is 5.85. The predicted molar refractivity (Wildman–Crippen MR) is 109 cm³/mol. The summed E-state index contributed by atoms with van der Waals surface area (Å²) in [6.07, 6.45) is 0.371. The summed E-state index contributed by atoms with van der Waals surface area (Å²) in [4.78, 5) is 52.8. The molecule has 2 heterocycles. The van der Waals surface area contributed by atoms with Crippen molar-refractivity contribution >= 4 is 46.3 Å². The van der Waals surface area contributed by atoms with Gasteiger partial charge in [-0.2, -0.15) is 0 Å². The summed E-state index contributed by atoms with van der Waals surface area (Å²) in [5, 5.41) is 5.16. The van der Waals surface area contributed by atoms with Crippen LogP contribution < -0.4 is 10.6 Å². The Morgan fingerprint density at radius 1 is 1.33 bits per heavy atom. The monoisotopic (exact) mass is 434 g/mol. The number of carbonyl (C=O) groups is 4. The molecular formula is C20H23ClN4O5. The maximum absolute atomic E-state index is 12.8. The van der Waals surface area contributed by atoms with E-state index in [0.29, 0.717) is 21.9 Å². The molecule has 0 radical (unpaired) electrons. The van der Waals surface area contributed by atoms with E-state index in [1.54, 1.807) is 32.3 Å². The molecule has 1 aliphatic rings. The van der Waals surface area contributed by atoms with Crippen LogP contribution in [-0.4, -0.2) is 44.9 Å². The molecule has 0 aliphatic carbocycles. The number of fused-ring (bicyclic) bond motifs is 1. The van der Waals surface area contributed by atoms with Gasteiger partial charge in [-0.15, -0.1) is 0 Å². The molecule has 160 valence electrons. The number of nitrogens with one attached hydrogen (secondary N) is 2. The molecule has 1 unspecified atom stereocenters. The summed E-state index contributed by atoms with van der Waals surface area (Å²) >= 11 is 6.35. The molecule has 1 saturated heterocycles. The van der Waals surface area contributed by atoms with Gasteiger partial charge in [-0.3, -0.25) is 24.5 Å². The predicted octanol–water partition coefficient (Wildman–Crippen LogP) is 1.87. The van der Waals surface area contributed by atoms with E-state index in [-0.39, 0.29) is 30.9 Å². The third-order valence-corrected chi connectivity index (χ3v) is 4.84. The number of ether oxygens (including phenoxy) is 1. The third kappa shape index (κ3) is 4.62. The number of rotatable bonds is 4. The van der Waals surface area contributed by atoms with Crippen molar-refractivity contribution in [2.75, 3.05) is 0 Å². The quantitative estimate of drug-likeness (QED) is 0.560. The lowest BCUT2D eigenvalue weighted by Gasteiger charge is -2.22.